The predicted octanol–water partition coefficient (Wildman–Crippen LogP) is 22.6. The van der Waals surface area contributed by atoms with Crippen molar-refractivity contribution >= 4 is 101 Å². The molecule has 400 valence electrons. The van der Waals surface area contributed by atoms with Gasteiger partial charge in [-0.2, -0.15) is 0 Å². The van der Waals surface area contributed by atoms with Gasteiger partial charge in [0.15, 0.2) is 0 Å². The molecule has 0 bridgehead atoms. The molecule has 6 nitrogen and oxygen atoms in total. The Labute approximate surface area is 489 Å². The van der Waals surface area contributed by atoms with Gasteiger partial charge in [0.25, 0.3) is 0 Å². The number of fused-ring (bicyclic) bond motifs is 6. The van der Waals surface area contributed by atoms with Gasteiger partial charge in [-0.25, -0.2) is 0 Å². The number of hydrogen-bond acceptors (Lipinski definition) is 6. The van der Waals surface area contributed by atoms with Crippen molar-refractivity contribution in [2.24, 2.45) is 0 Å². The van der Waals surface area contributed by atoms with Crippen LogP contribution in [0.25, 0.3) is 32.3 Å². The first kappa shape index (κ1) is 50.9. The minimum atomic E-state index is 0.722. The highest BCUT2D eigenvalue weighted by Gasteiger charge is 2.21. The van der Waals surface area contributed by atoms with Gasteiger partial charge in [0.1, 0.15) is 23.0 Å². The molecule has 0 N–H and O–H groups in total. The van der Waals surface area contributed by atoms with E-state index in [1.165, 1.54) is 21.5 Å². The molecule has 0 saturated heterocycles. The first-order valence-corrected chi connectivity index (χ1v) is 28.3. The lowest BCUT2D eigenvalue weighted by atomic mass is 9.93. The van der Waals surface area contributed by atoms with E-state index >= 15 is 0 Å². The van der Waals surface area contributed by atoms with E-state index < -0.39 is 0 Å². The Balaban J connectivity index is 0.841. The van der Waals surface area contributed by atoms with Crippen molar-refractivity contribution in [1.82, 2.24) is 0 Å². The van der Waals surface area contributed by atoms with E-state index in [0.29, 0.717) is 0 Å². The number of para-hydroxylation sites is 6. The molecule has 0 unspecified atom stereocenters. The van der Waals surface area contributed by atoms with Crippen molar-refractivity contribution in [3.63, 3.8) is 0 Å². The Morgan fingerprint density at radius 1 is 0.143 bits per heavy atom. The van der Waals surface area contributed by atoms with E-state index in [9.17, 15) is 0 Å². The summed E-state index contributed by atoms with van der Waals surface area (Å²) in [5, 5.41) is 7.02. The average molecular weight is 1080 g/mol. The molecule has 0 aliphatic carbocycles. The standard InChI is InChI=1S/C78H56N4O2/c1-7-25-57(26-8-1)79(58-27-9-2-10-28-58)63-37-21-41-69(51-63)83-71-43-23-39-65(53-71)81(61-33-15-5-16-34-61)67-47-49-75-73-45-19-20-46-74(73)76-50-48-68(56-78(76)77(75)55-67)82(62-35-17-6-18-36-62)66-40-24-44-72(54-66)84-70-42-22-38-64(52-70)80(59-29-11-3-12-30-59)60-31-13-4-14-32-60/h1-56H. The number of benzene rings is 14. The highest BCUT2D eigenvalue weighted by atomic mass is 16.5. The summed E-state index contributed by atoms with van der Waals surface area (Å²) in [4.78, 5) is 9.13. The monoisotopic (exact) mass is 1080 g/mol. The number of rotatable bonds is 16. The second-order valence-electron chi connectivity index (χ2n) is 20.6. The van der Waals surface area contributed by atoms with E-state index in [1.807, 2.05) is 48.5 Å². The van der Waals surface area contributed by atoms with Gasteiger partial charge in [-0.05, 0) is 178 Å². The summed E-state index contributed by atoms with van der Waals surface area (Å²) in [6.45, 7) is 0. The molecule has 14 aromatic carbocycles. The smallest absolute Gasteiger partial charge is 0.129 e. The van der Waals surface area contributed by atoms with Crippen LogP contribution in [0.2, 0.25) is 0 Å². The molecule has 0 heterocycles. The van der Waals surface area contributed by atoms with Crippen LogP contribution in [0, 0.1) is 0 Å². The molecule has 0 aliphatic rings. The molecule has 0 spiro atoms. The Bertz CT molecular complexity index is 4190. The molecule has 0 aliphatic heterocycles. The van der Waals surface area contributed by atoms with Crippen molar-refractivity contribution in [2.45, 2.75) is 0 Å². The molecule has 6 heteroatoms. The fraction of sp³-hybridized carbons (Fsp3) is 0. The summed E-state index contributed by atoms with van der Waals surface area (Å²) < 4.78 is 13.6. The quantitative estimate of drug-likeness (QED) is 0.0897. The summed E-state index contributed by atoms with van der Waals surface area (Å²) in [5.74, 6) is 2.91. The molecule has 14 rings (SSSR count). The summed E-state index contributed by atoms with van der Waals surface area (Å²) >= 11 is 0. The first-order valence-electron chi connectivity index (χ1n) is 28.3. The zero-order chi connectivity index (χ0) is 56.0. The van der Waals surface area contributed by atoms with Crippen LogP contribution in [-0.4, -0.2) is 0 Å². The third-order valence-corrected chi connectivity index (χ3v) is 15.2. The Morgan fingerprint density at radius 3 is 0.607 bits per heavy atom. The van der Waals surface area contributed by atoms with Crippen LogP contribution < -0.4 is 29.1 Å². The van der Waals surface area contributed by atoms with Gasteiger partial charge in [0, 0.05) is 92.5 Å². The van der Waals surface area contributed by atoms with Gasteiger partial charge >= 0.3 is 0 Å². The lowest BCUT2D eigenvalue weighted by molar-refractivity contribution is 0.482. The topological polar surface area (TPSA) is 31.4 Å². The zero-order valence-electron chi connectivity index (χ0n) is 45.9. The highest BCUT2D eigenvalue weighted by molar-refractivity contribution is 6.26. The molecule has 0 amide bonds. The second kappa shape index (κ2) is 23.0. The van der Waals surface area contributed by atoms with Gasteiger partial charge in [0.2, 0.25) is 0 Å². The van der Waals surface area contributed by atoms with Gasteiger partial charge in [-0.1, -0.05) is 170 Å². The SMILES string of the molecule is c1ccc(N(c2ccccc2)c2cccc(Oc3cccc(N(c4ccccc4)c4ccc5c6ccccc6c6ccc(N(c7ccccc7)c7cccc(Oc8cccc(N(c9ccccc9)c9ccccc9)c8)c7)cc6c5c4)c3)c2)cc1. The molecule has 0 radical (unpaired) electrons. The van der Waals surface area contributed by atoms with Gasteiger partial charge in [0.05, 0.1) is 0 Å². The van der Waals surface area contributed by atoms with Crippen molar-refractivity contribution in [3.05, 3.63) is 340 Å². The molecule has 0 saturated carbocycles. The Morgan fingerprint density at radius 2 is 0.345 bits per heavy atom. The molecule has 14 aromatic rings. The number of ether oxygens (including phenoxy) is 2. The van der Waals surface area contributed by atoms with Crippen LogP contribution in [0.3, 0.4) is 0 Å². The van der Waals surface area contributed by atoms with E-state index in [-0.39, 0.29) is 0 Å². The van der Waals surface area contributed by atoms with Crippen molar-refractivity contribution in [2.75, 3.05) is 19.6 Å². The maximum atomic E-state index is 6.80. The Kier molecular flexibility index (Phi) is 13.9. The van der Waals surface area contributed by atoms with Crippen molar-refractivity contribution < 1.29 is 9.47 Å². The maximum Gasteiger partial charge on any atom is 0.129 e. The number of nitrogens with zero attached hydrogens (tertiary/aromatic N) is 4. The highest BCUT2D eigenvalue weighted by Crippen LogP contribution is 2.46. The maximum absolute atomic E-state index is 6.80. The van der Waals surface area contributed by atoms with Crippen LogP contribution in [0.1, 0.15) is 0 Å². The molecular weight excluding hydrogens is 1020 g/mol. The molecular formula is C78H56N4O2. The minimum Gasteiger partial charge on any atom is -0.457 e. The molecule has 84 heavy (non-hydrogen) atoms. The van der Waals surface area contributed by atoms with E-state index in [1.54, 1.807) is 0 Å². The summed E-state index contributed by atoms with van der Waals surface area (Å²) in [6, 6.07) is 119. The van der Waals surface area contributed by atoms with E-state index in [2.05, 4.69) is 311 Å². The van der Waals surface area contributed by atoms with E-state index in [4.69, 9.17) is 9.47 Å². The van der Waals surface area contributed by atoms with Crippen LogP contribution in [0.15, 0.2) is 340 Å². The van der Waals surface area contributed by atoms with Crippen molar-refractivity contribution in [1.29, 1.82) is 0 Å². The summed E-state index contributed by atoms with van der Waals surface area (Å²) in [7, 11) is 0. The third-order valence-electron chi connectivity index (χ3n) is 15.2. The zero-order valence-corrected chi connectivity index (χ0v) is 45.9. The average Bonchev–Trinajstić information content (AvgIpc) is 1.26. The van der Waals surface area contributed by atoms with Gasteiger partial charge in [-0.3, -0.25) is 0 Å². The number of anilines is 12. The summed E-state index contributed by atoms with van der Waals surface area (Å²) in [6.07, 6.45) is 0. The fourth-order valence-corrected chi connectivity index (χ4v) is 11.5. The normalized spacial score (nSPS) is 11.1. The lowest BCUT2D eigenvalue weighted by Gasteiger charge is -2.28. The largest absolute Gasteiger partial charge is 0.457 e. The van der Waals surface area contributed by atoms with Crippen LogP contribution in [0.5, 0.6) is 23.0 Å². The van der Waals surface area contributed by atoms with E-state index in [0.717, 1.165) is 102 Å². The van der Waals surface area contributed by atoms with Crippen LogP contribution in [-0.2, 0) is 0 Å². The summed E-state index contributed by atoms with van der Waals surface area (Å²) in [5.41, 5.74) is 12.2. The fourth-order valence-electron chi connectivity index (χ4n) is 11.5. The van der Waals surface area contributed by atoms with Gasteiger partial charge < -0.3 is 29.1 Å². The lowest BCUT2D eigenvalue weighted by Crippen LogP contribution is -2.10. The van der Waals surface area contributed by atoms with Crippen molar-refractivity contribution in [3.8, 4) is 23.0 Å². The first-order chi connectivity index (χ1) is 41.6. The number of hydrogen-bond donors (Lipinski definition) is 0. The predicted molar refractivity (Wildman–Crippen MR) is 351 cm³/mol. The minimum absolute atomic E-state index is 0.722. The second-order valence-corrected chi connectivity index (χ2v) is 20.6. The third kappa shape index (κ3) is 10.4. The van der Waals surface area contributed by atoms with Crippen LogP contribution >= 0.6 is 0 Å². The van der Waals surface area contributed by atoms with Gasteiger partial charge in [-0.15, -0.1) is 0 Å². The Hall–Kier alpha value is -11.3. The van der Waals surface area contributed by atoms with Crippen LogP contribution in [0.4, 0.5) is 68.2 Å². The molecule has 0 atom stereocenters. The molecule has 0 aromatic heterocycles. The molecule has 0 fully saturated rings.